The fourth-order valence-electron chi connectivity index (χ4n) is 1.48. The lowest BCUT2D eigenvalue weighted by atomic mass is 10.3. The first-order chi connectivity index (χ1) is 7.17. The monoisotopic (exact) mass is 220 g/mol. The maximum Gasteiger partial charge on any atom is 0.218 e. The fraction of sp³-hybridized carbons (Fsp3) is 0.385. The summed E-state index contributed by atoms with van der Waals surface area (Å²) < 4.78 is 6.01. The van der Waals surface area contributed by atoms with Gasteiger partial charge < -0.3 is 4.43 Å². The van der Waals surface area contributed by atoms with E-state index in [4.69, 9.17) is 4.43 Å². The van der Waals surface area contributed by atoms with Crippen molar-refractivity contribution in [2.45, 2.75) is 25.9 Å². The molecule has 0 heterocycles. The maximum atomic E-state index is 6.01. The summed E-state index contributed by atoms with van der Waals surface area (Å²) in [6, 6.07) is 10.5. The van der Waals surface area contributed by atoms with E-state index in [0.717, 1.165) is 19.4 Å². The minimum Gasteiger partial charge on any atom is -0.413 e. The van der Waals surface area contributed by atoms with E-state index in [9.17, 15) is 0 Å². The van der Waals surface area contributed by atoms with Crippen molar-refractivity contribution < 1.29 is 4.43 Å². The second-order valence-electron chi connectivity index (χ2n) is 4.16. The van der Waals surface area contributed by atoms with Crippen molar-refractivity contribution in [3.63, 3.8) is 0 Å². The Morgan fingerprint density at radius 3 is 2.53 bits per heavy atom. The van der Waals surface area contributed by atoms with Crippen LogP contribution in [0.5, 0.6) is 0 Å². The van der Waals surface area contributed by atoms with E-state index in [1.54, 1.807) is 0 Å². The molecule has 0 unspecified atom stereocenters. The van der Waals surface area contributed by atoms with Crippen LogP contribution in [0.2, 0.25) is 13.1 Å². The van der Waals surface area contributed by atoms with Gasteiger partial charge in [0.2, 0.25) is 8.32 Å². The molecule has 2 heteroatoms. The van der Waals surface area contributed by atoms with Gasteiger partial charge in [-0.15, -0.1) is 6.58 Å². The van der Waals surface area contributed by atoms with E-state index in [0.29, 0.717) is 0 Å². The van der Waals surface area contributed by atoms with Crippen molar-refractivity contribution in [2.24, 2.45) is 0 Å². The SMILES string of the molecule is C=CCCCO[Si](C)(C)c1ccccc1. The van der Waals surface area contributed by atoms with E-state index in [1.165, 1.54) is 5.19 Å². The van der Waals surface area contributed by atoms with Gasteiger partial charge in [0, 0.05) is 6.61 Å². The molecular weight excluding hydrogens is 200 g/mol. The van der Waals surface area contributed by atoms with Crippen LogP contribution in [0.15, 0.2) is 43.0 Å². The van der Waals surface area contributed by atoms with Gasteiger partial charge in [-0.1, -0.05) is 36.4 Å². The summed E-state index contributed by atoms with van der Waals surface area (Å²) in [6.07, 6.45) is 4.06. The van der Waals surface area contributed by atoms with Crippen LogP contribution in [-0.2, 0) is 4.43 Å². The first kappa shape index (κ1) is 12.2. The average molecular weight is 220 g/mol. The summed E-state index contributed by atoms with van der Waals surface area (Å²) in [5.74, 6) is 0. The molecule has 0 fully saturated rings. The molecule has 0 saturated carbocycles. The Hall–Kier alpha value is -0.863. The lowest BCUT2D eigenvalue weighted by molar-refractivity contribution is 0.310. The highest BCUT2D eigenvalue weighted by Gasteiger charge is 2.24. The molecule has 82 valence electrons. The number of hydrogen-bond donors (Lipinski definition) is 0. The van der Waals surface area contributed by atoms with Gasteiger partial charge in [-0.2, -0.15) is 0 Å². The molecule has 0 N–H and O–H groups in total. The zero-order chi connectivity index (χ0) is 11.1. The average Bonchev–Trinajstić information content (AvgIpc) is 2.26. The van der Waals surface area contributed by atoms with Crippen LogP contribution in [0.1, 0.15) is 12.8 Å². The normalized spacial score (nSPS) is 11.3. The van der Waals surface area contributed by atoms with Crippen LogP contribution < -0.4 is 5.19 Å². The van der Waals surface area contributed by atoms with Crippen LogP contribution in [0.4, 0.5) is 0 Å². The summed E-state index contributed by atoms with van der Waals surface area (Å²) in [4.78, 5) is 0. The van der Waals surface area contributed by atoms with Crippen LogP contribution in [0.25, 0.3) is 0 Å². The highest BCUT2D eigenvalue weighted by molar-refractivity contribution is 6.84. The number of allylic oxidation sites excluding steroid dienone is 1. The molecule has 0 spiro atoms. The molecule has 15 heavy (non-hydrogen) atoms. The highest BCUT2D eigenvalue weighted by atomic mass is 28.4. The summed E-state index contributed by atoms with van der Waals surface area (Å²) >= 11 is 0. The Kier molecular flexibility index (Phi) is 4.79. The molecule has 1 nitrogen and oxygen atoms in total. The van der Waals surface area contributed by atoms with Crippen molar-refractivity contribution in [1.82, 2.24) is 0 Å². The number of unbranched alkanes of at least 4 members (excludes halogenated alkanes) is 1. The summed E-state index contributed by atoms with van der Waals surface area (Å²) in [5.41, 5.74) is 0. The first-order valence-electron chi connectivity index (χ1n) is 5.47. The number of rotatable bonds is 6. The molecule has 0 saturated heterocycles. The summed E-state index contributed by atoms with van der Waals surface area (Å²) in [5, 5.41) is 1.36. The molecule has 0 bridgehead atoms. The van der Waals surface area contributed by atoms with Crippen molar-refractivity contribution >= 4 is 13.5 Å². The van der Waals surface area contributed by atoms with Crippen molar-refractivity contribution in [2.75, 3.05) is 6.61 Å². The smallest absolute Gasteiger partial charge is 0.218 e. The molecule has 0 aliphatic carbocycles. The highest BCUT2D eigenvalue weighted by Crippen LogP contribution is 2.06. The largest absolute Gasteiger partial charge is 0.413 e. The zero-order valence-corrected chi connectivity index (χ0v) is 10.7. The van der Waals surface area contributed by atoms with E-state index < -0.39 is 8.32 Å². The molecule has 1 aromatic rings. The molecule has 1 rings (SSSR count). The van der Waals surface area contributed by atoms with Crippen LogP contribution in [0, 0.1) is 0 Å². The van der Waals surface area contributed by atoms with Gasteiger partial charge in [-0.3, -0.25) is 0 Å². The molecule has 0 aliphatic rings. The molecule has 0 amide bonds. The number of benzene rings is 1. The molecule has 1 aromatic carbocycles. The lowest BCUT2D eigenvalue weighted by Crippen LogP contribution is -2.44. The Morgan fingerprint density at radius 2 is 1.93 bits per heavy atom. The van der Waals surface area contributed by atoms with Crippen LogP contribution in [-0.4, -0.2) is 14.9 Å². The molecular formula is C13H20OSi. The zero-order valence-electron chi connectivity index (χ0n) is 9.70. The first-order valence-corrected chi connectivity index (χ1v) is 8.38. The van der Waals surface area contributed by atoms with E-state index in [1.807, 2.05) is 12.1 Å². The summed E-state index contributed by atoms with van der Waals surface area (Å²) in [6.45, 7) is 9.05. The number of hydrogen-bond acceptors (Lipinski definition) is 1. The van der Waals surface area contributed by atoms with Gasteiger partial charge in [-0.25, -0.2) is 0 Å². The predicted octanol–water partition coefficient (Wildman–Crippen LogP) is 3.08. The third kappa shape index (κ3) is 4.02. The van der Waals surface area contributed by atoms with Crippen molar-refractivity contribution in [1.29, 1.82) is 0 Å². The Balaban J connectivity index is 2.48. The van der Waals surface area contributed by atoms with E-state index in [-0.39, 0.29) is 0 Å². The molecule has 0 radical (unpaired) electrons. The Morgan fingerprint density at radius 1 is 1.27 bits per heavy atom. The van der Waals surface area contributed by atoms with E-state index >= 15 is 0 Å². The standard InChI is InChI=1S/C13H20OSi/c1-4-5-9-12-14-15(2,3)13-10-7-6-8-11-13/h4,6-8,10-11H,1,5,9,12H2,2-3H3. The minimum absolute atomic E-state index is 0.847. The van der Waals surface area contributed by atoms with Gasteiger partial charge >= 0.3 is 0 Å². The van der Waals surface area contributed by atoms with Gasteiger partial charge in [0.25, 0.3) is 0 Å². The maximum absolute atomic E-state index is 6.01. The second kappa shape index (κ2) is 5.88. The molecule has 0 atom stereocenters. The fourth-order valence-corrected chi connectivity index (χ4v) is 3.29. The van der Waals surface area contributed by atoms with Crippen molar-refractivity contribution in [3.8, 4) is 0 Å². The van der Waals surface area contributed by atoms with Gasteiger partial charge in [-0.05, 0) is 31.1 Å². The van der Waals surface area contributed by atoms with Crippen molar-refractivity contribution in [3.05, 3.63) is 43.0 Å². The topological polar surface area (TPSA) is 9.23 Å². The Labute approximate surface area is 93.9 Å². The van der Waals surface area contributed by atoms with E-state index in [2.05, 4.69) is 43.9 Å². The predicted molar refractivity (Wildman–Crippen MR) is 68.9 cm³/mol. The lowest BCUT2D eigenvalue weighted by Gasteiger charge is -2.23. The Bertz CT molecular complexity index is 293. The van der Waals surface area contributed by atoms with Gasteiger partial charge in [0.05, 0.1) is 0 Å². The third-order valence-electron chi connectivity index (χ3n) is 2.48. The van der Waals surface area contributed by atoms with Crippen LogP contribution in [0.3, 0.4) is 0 Å². The molecule has 0 aliphatic heterocycles. The van der Waals surface area contributed by atoms with Gasteiger partial charge in [0.15, 0.2) is 0 Å². The summed E-state index contributed by atoms with van der Waals surface area (Å²) in [7, 11) is -1.66. The van der Waals surface area contributed by atoms with Crippen LogP contribution >= 0.6 is 0 Å². The third-order valence-corrected chi connectivity index (χ3v) is 5.13. The quantitative estimate of drug-likeness (QED) is 0.407. The minimum atomic E-state index is -1.66. The second-order valence-corrected chi connectivity index (χ2v) is 8.04. The van der Waals surface area contributed by atoms with Gasteiger partial charge in [0.1, 0.15) is 0 Å². The molecule has 0 aromatic heterocycles.